The molecule has 5 heteroatoms. The average Bonchev–Trinajstić information content (AvgIpc) is 2.77. The van der Waals surface area contributed by atoms with Crippen molar-refractivity contribution in [3.05, 3.63) is 51.1 Å². The summed E-state index contributed by atoms with van der Waals surface area (Å²) in [7, 11) is 0. The third kappa shape index (κ3) is 2.87. The molecule has 0 aliphatic rings. The highest BCUT2D eigenvalue weighted by Gasteiger charge is 2.14. The van der Waals surface area contributed by atoms with Crippen LogP contribution >= 0.6 is 22.9 Å². The number of nitrogens with zero attached hydrogens (tertiary/aromatic N) is 2. The van der Waals surface area contributed by atoms with Gasteiger partial charge in [-0.2, -0.15) is 0 Å². The summed E-state index contributed by atoms with van der Waals surface area (Å²) in [6.45, 7) is 6.21. The van der Waals surface area contributed by atoms with Crippen LogP contribution in [0.5, 0.6) is 0 Å². The summed E-state index contributed by atoms with van der Waals surface area (Å²) in [5.41, 5.74) is 2.97. The normalized spacial score (nSPS) is 12.6. The van der Waals surface area contributed by atoms with Crippen LogP contribution in [-0.2, 0) is 0 Å². The minimum absolute atomic E-state index is 0.167. The van der Waals surface area contributed by atoms with Crippen LogP contribution < -0.4 is 5.32 Å². The second kappa shape index (κ2) is 5.62. The molecule has 0 saturated heterocycles. The Labute approximate surface area is 133 Å². The SMILES string of the molecule is Cc1nc(C)c(C(C)Nc2cc(Cl)cc3cccnc23)s1. The van der Waals surface area contributed by atoms with Gasteiger partial charge >= 0.3 is 0 Å². The molecule has 0 aliphatic heterocycles. The monoisotopic (exact) mass is 317 g/mol. The Balaban J connectivity index is 1.99. The molecule has 1 aromatic carbocycles. The fraction of sp³-hybridized carbons (Fsp3) is 0.250. The Morgan fingerprint density at radius 1 is 1.29 bits per heavy atom. The van der Waals surface area contributed by atoms with E-state index in [2.05, 4.69) is 22.2 Å². The summed E-state index contributed by atoms with van der Waals surface area (Å²) in [4.78, 5) is 10.2. The number of pyridine rings is 1. The second-order valence-corrected chi connectivity index (χ2v) is 6.75. The third-order valence-corrected chi connectivity index (χ3v) is 4.85. The maximum atomic E-state index is 6.21. The van der Waals surface area contributed by atoms with Crippen LogP contribution in [0.3, 0.4) is 0 Å². The lowest BCUT2D eigenvalue weighted by Gasteiger charge is -2.16. The molecule has 0 aliphatic carbocycles. The highest BCUT2D eigenvalue weighted by atomic mass is 35.5. The first kappa shape index (κ1) is 14.3. The highest BCUT2D eigenvalue weighted by Crippen LogP contribution is 2.32. The van der Waals surface area contributed by atoms with Gasteiger partial charge in [-0.3, -0.25) is 4.98 Å². The highest BCUT2D eigenvalue weighted by molar-refractivity contribution is 7.11. The van der Waals surface area contributed by atoms with E-state index in [1.54, 1.807) is 17.5 Å². The zero-order valence-electron chi connectivity index (χ0n) is 12.1. The number of rotatable bonds is 3. The van der Waals surface area contributed by atoms with Crippen molar-refractivity contribution in [1.82, 2.24) is 9.97 Å². The average molecular weight is 318 g/mol. The number of hydrogen-bond donors (Lipinski definition) is 1. The van der Waals surface area contributed by atoms with Gasteiger partial charge in [0.15, 0.2) is 0 Å². The van der Waals surface area contributed by atoms with Crippen LogP contribution in [0.4, 0.5) is 5.69 Å². The minimum Gasteiger partial charge on any atom is -0.376 e. The van der Waals surface area contributed by atoms with E-state index in [1.807, 2.05) is 38.1 Å². The van der Waals surface area contributed by atoms with Crippen LogP contribution in [0.15, 0.2) is 30.5 Å². The molecule has 2 aromatic heterocycles. The van der Waals surface area contributed by atoms with E-state index in [0.717, 1.165) is 27.3 Å². The smallest absolute Gasteiger partial charge is 0.0934 e. The Kier molecular flexibility index (Phi) is 3.83. The van der Waals surface area contributed by atoms with E-state index in [1.165, 1.54) is 4.88 Å². The molecule has 0 spiro atoms. The van der Waals surface area contributed by atoms with Crippen molar-refractivity contribution in [3.63, 3.8) is 0 Å². The lowest BCUT2D eigenvalue weighted by Crippen LogP contribution is -2.07. The summed E-state index contributed by atoms with van der Waals surface area (Å²) in [6, 6.07) is 7.97. The summed E-state index contributed by atoms with van der Waals surface area (Å²) in [5, 5.41) is 6.36. The molecule has 1 unspecified atom stereocenters. The number of anilines is 1. The summed E-state index contributed by atoms with van der Waals surface area (Å²) in [6.07, 6.45) is 1.80. The van der Waals surface area contributed by atoms with E-state index in [4.69, 9.17) is 11.6 Å². The molecule has 108 valence electrons. The van der Waals surface area contributed by atoms with Gasteiger partial charge in [0.05, 0.1) is 27.9 Å². The van der Waals surface area contributed by atoms with Crippen molar-refractivity contribution in [2.45, 2.75) is 26.8 Å². The molecule has 1 N–H and O–H groups in total. The molecule has 0 bridgehead atoms. The topological polar surface area (TPSA) is 37.8 Å². The maximum Gasteiger partial charge on any atom is 0.0934 e. The van der Waals surface area contributed by atoms with Crippen molar-refractivity contribution in [1.29, 1.82) is 0 Å². The molecular formula is C16H16ClN3S. The molecule has 3 nitrogen and oxygen atoms in total. The number of hydrogen-bond acceptors (Lipinski definition) is 4. The molecule has 3 aromatic rings. The van der Waals surface area contributed by atoms with Gasteiger partial charge in [-0.25, -0.2) is 4.98 Å². The van der Waals surface area contributed by atoms with Gasteiger partial charge in [-0.1, -0.05) is 17.7 Å². The van der Waals surface area contributed by atoms with Crippen molar-refractivity contribution >= 4 is 39.5 Å². The molecule has 1 atom stereocenters. The van der Waals surface area contributed by atoms with Crippen LogP contribution in [0, 0.1) is 13.8 Å². The lowest BCUT2D eigenvalue weighted by molar-refractivity contribution is 0.891. The second-order valence-electron chi connectivity index (χ2n) is 5.08. The molecule has 21 heavy (non-hydrogen) atoms. The fourth-order valence-corrected chi connectivity index (χ4v) is 3.67. The third-order valence-electron chi connectivity index (χ3n) is 3.37. The number of aromatic nitrogens is 2. The fourth-order valence-electron chi connectivity index (χ4n) is 2.51. The van der Waals surface area contributed by atoms with E-state index < -0.39 is 0 Å². The van der Waals surface area contributed by atoms with Crippen molar-refractivity contribution in [3.8, 4) is 0 Å². The van der Waals surface area contributed by atoms with Gasteiger partial charge < -0.3 is 5.32 Å². The predicted molar refractivity (Wildman–Crippen MR) is 90.4 cm³/mol. The lowest BCUT2D eigenvalue weighted by atomic mass is 10.1. The molecule has 0 saturated carbocycles. The van der Waals surface area contributed by atoms with E-state index in [9.17, 15) is 0 Å². The van der Waals surface area contributed by atoms with Crippen molar-refractivity contribution < 1.29 is 0 Å². The van der Waals surface area contributed by atoms with Gasteiger partial charge in [-0.15, -0.1) is 11.3 Å². The molecular weight excluding hydrogens is 302 g/mol. The number of halogens is 1. The van der Waals surface area contributed by atoms with Crippen molar-refractivity contribution in [2.24, 2.45) is 0 Å². The summed E-state index contributed by atoms with van der Waals surface area (Å²) >= 11 is 7.94. The van der Waals surface area contributed by atoms with Crippen LogP contribution in [-0.4, -0.2) is 9.97 Å². The Morgan fingerprint density at radius 3 is 2.81 bits per heavy atom. The summed E-state index contributed by atoms with van der Waals surface area (Å²) < 4.78 is 0. The van der Waals surface area contributed by atoms with Crippen LogP contribution in [0.1, 0.15) is 28.5 Å². The first-order valence-corrected chi connectivity index (χ1v) is 7.99. The van der Waals surface area contributed by atoms with Gasteiger partial charge in [0, 0.05) is 21.5 Å². The molecule has 3 rings (SSSR count). The molecule has 0 fully saturated rings. The maximum absolute atomic E-state index is 6.21. The van der Waals surface area contributed by atoms with Crippen molar-refractivity contribution in [2.75, 3.05) is 5.32 Å². The van der Waals surface area contributed by atoms with Gasteiger partial charge in [-0.05, 0) is 39.0 Å². The van der Waals surface area contributed by atoms with Gasteiger partial charge in [0.2, 0.25) is 0 Å². The quantitative estimate of drug-likeness (QED) is 0.727. The molecule has 2 heterocycles. The first-order valence-electron chi connectivity index (χ1n) is 6.79. The summed E-state index contributed by atoms with van der Waals surface area (Å²) in [5.74, 6) is 0. The van der Waals surface area contributed by atoms with E-state index in [-0.39, 0.29) is 6.04 Å². The number of benzene rings is 1. The zero-order valence-corrected chi connectivity index (χ0v) is 13.7. The molecule has 0 radical (unpaired) electrons. The Bertz CT molecular complexity index is 797. The van der Waals surface area contributed by atoms with E-state index >= 15 is 0 Å². The molecule has 0 amide bonds. The van der Waals surface area contributed by atoms with Gasteiger partial charge in [0.25, 0.3) is 0 Å². The zero-order chi connectivity index (χ0) is 15.0. The number of thiazole rings is 1. The Hall–Kier alpha value is -1.65. The number of aryl methyl sites for hydroxylation is 2. The predicted octanol–water partition coefficient (Wildman–Crippen LogP) is 5.13. The van der Waals surface area contributed by atoms with E-state index in [0.29, 0.717) is 5.02 Å². The van der Waals surface area contributed by atoms with Crippen LogP contribution in [0.25, 0.3) is 10.9 Å². The van der Waals surface area contributed by atoms with Gasteiger partial charge in [0.1, 0.15) is 0 Å². The Morgan fingerprint density at radius 2 is 2.10 bits per heavy atom. The van der Waals surface area contributed by atoms with Crippen LogP contribution in [0.2, 0.25) is 5.02 Å². The number of fused-ring (bicyclic) bond motifs is 1. The standard InChI is InChI=1S/C16H16ClN3S/c1-9-16(21-11(3)19-9)10(2)20-14-8-13(17)7-12-5-4-6-18-15(12)14/h4-8,10,20H,1-3H3. The largest absolute Gasteiger partial charge is 0.376 e. The minimum atomic E-state index is 0.167. The number of nitrogens with one attached hydrogen (secondary N) is 1. The first-order chi connectivity index (χ1) is 10.0.